The fourth-order valence-electron chi connectivity index (χ4n) is 3.99. The summed E-state index contributed by atoms with van der Waals surface area (Å²) in [5, 5.41) is 2.10. The van der Waals surface area contributed by atoms with Gasteiger partial charge < -0.3 is 9.47 Å². The first kappa shape index (κ1) is 16.6. The normalized spacial score (nSPS) is 14.3. The molecule has 1 aliphatic rings. The van der Waals surface area contributed by atoms with E-state index in [1.807, 2.05) is 30.3 Å². The van der Waals surface area contributed by atoms with E-state index in [1.54, 1.807) is 7.11 Å². The fraction of sp³-hybridized carbons (Fsp3) is 0.0769. The number of hydrogen-bond donors (Lipinski definition) is 0. The Morgan fingerprint density at radius 3 is 1.89 bits per heavy atom. The number of hydrogen-bond acceptors (Lipinski definition) is 2. The fourth-order valence-corrected chi connectivity index (χ4v) is 3.99. The molecule has 0 fully saturated rings. The topological polar surface area (TPSA) is 18.5 Å². The van der Waals surface area contributed by atoms with E-state index in [0.29, 0.717) is 0 Å². The molecule has 5 rings (SSSR count). The molecule has 0 atom stereocenters. The summed E-state index contributed by atoms with van der Waals surface area (Å²) in [6.45, 7) is 0. The van der Waals surface area contributed by atoms with Crippen LogP contribution in [0.4, 0.5) is 0 Å². The number of fused-ring (bicyclic) bond motifs is 3. The summed E-state index contributed by atoms with van der Waals surface area (Å²) in [4.78, 5) is 0. The van der Waals surface area contributed by atoms with E-state index in [1.165, 1.54) is 0 Å². The lowest BCUT2D eigenvalue weighted by Gasteiger charge is -2.36. The second-order valence-electron chi connectivity index (χ2n) is 6.95. The average molecular weight is 364 g/mol. The molecule has 1 aliphatic heterocycles. The minimum Gasteiger partial charge on any atom is -0.496 e. The smallest absolute Gasteiger partial charge is 0.178 e. The minimum atomic E-state index is -0.674. The number of rotatable bonds is 3. The van der Waals surface area contributed by atoms with Crippen LogP contribution in [0.2, 0.25) is 0 Å². The van der Waals surface area contributed by atoms with Crippen molar-refractivity contribution in [3.8, 4) is 11.5 Å². The van der Waals surface area contributed by atoms with E-state index >= 15 is 0 Å². The summed E-state index contributed by atoms with van der Waals surface area (Å²) in [6, 6.07) is 31.0. The molecule has 4 aromatic carbocycles. The van der Waals surface area contributed by atoms with Gasteiger partial charge in [-0.15, -0.1) is 0 Å². The predicted octanol–water partition coefficient (Wildman–Crippen LogP) is 6.20. The summed E-state index contributed by atoms with van der Waals surface area (Å²) in [7, 11) is 1.71. The van der Waals surface area contributed by atoms with Gasteiger partial charge in [0.1, 0.15) is 11.5 Å². The standard InChI is InChI=1S/C26H20O2/c1-27-24-18-19-16-17-26(20-10-4-2-5-11-20,21-12-6-3-7-13-21)28-25(19)23-15-9-8-14-22(23)24/h2-18H,1H3. The van der Waals surface area contributed by atoms with Crippen LogP contribution < -0.4 is 9.47 Å². The van der Waals surface area contributed by atoms with Crippen molar-refractivity contribution < 1.29 is 9.47 Å². The maximum absolute atomic E-state index is 6.86. The van der Waals surface area contributed by atoms with E-state index in [4.69, 9.17) is 9.47 Å². The third-order valence-corrected chi connectivity index (χ3v) is 5.37. The van der Waals surface area contributed by atoms with Crippen molar-refractivity contribution in [1.29, 1.82) is 0 Å². The van der Waals surface area contributed by atoms with E-state index in [9.17, 15) is 0 Å². The molecule has 4 aromatic rings. The molecule has 136 valence electrons. The second kappa shape index (κ2) is 6.58. The molecular weight excluding hydrogens is 344 g/mol. The largest absolute Gasteiger partial charge is 0.496 e. The van der Waals surface area contributed by atoms with Crippen LogP contribution in [0.15, 0.2) is 97.1 Å². The van der Waals surface area contributed by atoms with Gasteiger partial charge in [0.2, 0.25) is 0 Å². The first-order valence-electron chi connectivity index (χ1n) is 9.41. The highest BCUT2D eigenvalue weighted by atomic mass is 16.5. The Bertz CT molecular complexity index is 1120. The van der Waals surface area contributed by atoms with Gasteiger partial charge in [-0.25, -0.2) is 0 Å². The van der Waals surface area contributed by atoms with E-state index < -0.39 is 5.60 Å². The molecule has 0 aromatic heterocycles. The molecule has 2 heteroatoms. The number of benzene rings is 4. The molecule has 0 spiro atoms. The summed E-state index contributed by atoms with van der Waals surface area (Å²) >= 11 is 0. The SMILES string of the molecule is COc1cc2c(c3ccccc13)OC(c1ccccc1)(c1ccccc1)C=C2. The van der Waals surface area contributed by atoms with Crippen LogP contribution in [-0.4, -0.2) is 7.11 Å². The van der Waals surface area contributed by atoms with Gasteiger partial charge >= 0.3 is 0 Å². The van der Waals surface area contributed by atoms with Crippen molar-refractivity contribution in [2.24, 2.45) is 0 Å². The van der Waals surface area contributed by atoms with Crippen molar-refractivity contribution in [3.05, 3.63) is 114 Å². The van der Waals surface area contributed by atoms with Crippen molar-refractivity contribution in [2.45, 2.75) is 5.60 Å². The Morgan fingerprint density at radius 1 is 0.714 bits per heavy atom. The third-order valence-electron chi connectivity index (χ3n) is 5.37. The van der Waals surface area contributed by atoms with Crippen LogP contribution >= 0.6 is 0 Å². The van der Waals surface area contributed by atoms with Crippen molar-refractivity contribution in [1.82, 2.24) is 0 Å². The van der Waals surface area contributed by atoms with Crippen molar-refractivity contribution in [2.75, 3.05) is 7.11 Å². The molecule has 0 bridgehead atoms. The monoisotopic (exact) mass is 364 g/mol. The van der Waals surface area contributed by atoms with E-state index in [-0.39, 0.29) is 0 Å². The third kappa shape index (κ3) is 2.49. The molecular formula is C26H20O2. The highest BCUT2D eigenvalue weighted by molar-refractivity contribution is 5.97. The maximum atomic E-state index is 6.86. The zero-order valence-corrected chi connectivity index (χ0v) is 15.6. The number of ether oxygens (including phenoxy) is 2. The van der Waals surface area contributed by atoms with Gasteiger partial charge in [-0.2, -0.15) is 0 Å². The Balaban J connectivity index is 1.79. The zero-order chi connectivity index (χ0) is 19.0. The van der Waals surface area contributed by atoms with Gasteiger partial charge in [-0.3, -0.25) is 0 Å². The van der Waals surface area contributed by atoms with E-state index in [2.05, 4.69) is 72.8 Å². The molecule has 0 N–H and O–H groups in total. The number of methoxy groups -OCH3 is 1. The first-order chi connectivity index (χ1) is 13.8. The van der Waals surface area contributed by atoms with Crippen LogP contribution in [0.1, 0.15) is 16.7 Å². The highest BCUT2D eigenvalue weighted by Crippen LogP contribution is 2.46. The Morgan fingerprint density at radius 2 is 1.29 bits per heavy atom. The molecule has 0 saturated carbocycles. The lowest BCUT2D eigenvalue weighted by Crippen LogP contribution is -2.34. The Labute approximate surface area is 164 Å². The van der Waals surface area contributed by atoms with Crippen LogP contribution in [0.5, 0.6) is 11.5 Å². The van der Waals surface area contributed by atoms with Crippen LogP contribution in [-0.2, 0) is 5.60 Å². The highest BCUT2D eigenvalue weighted by Gasteiger charge is 2.37. The van der Waals surface area contributed by atoms with Gasteiger partial charge in [-0.05, 0) is 12.1 Å². The summed E-state index contributed by atoms with van der Waals surface area (Å²) in [5.74, 6) is 1.74. The molecule has 0 radical (unpaired) electrons. The van der Waals surface area contributed by atoms with Gasteiger partial charge in [0, 0.05) is 27.5 Å². The molecule has 28 heavy (non-hydrogen) atoms. The molecule has 0 saturated heterocycles. The van der Waals surface area contributed by atoms with Crippen molar-refractivity contribution in [3.63, 3.8) is 0 Å². The minimum absolute atomic E-state index is 0.674. The van der Waals surface area contributed by atoms with Gasteiger partial charge in [0.25, 0.3) is 0 Å². The molecule has 2 nitrogen and oxygen atoms in total. The molecule has 0 amide bonds. The van der Waals surface area contributed by atoms with Gasteiger partial charge in [0.15, 0.2) is 5.60 Å². The lowest BCUT2D eigenvalue weighted by molar-refractivity contribution is 0.163. The molecule has 0 aliphatic carbocycles. The van der Waals surface area contributed by atoms with Crippen LogP contribution in [0, 0.1) is 0 Å². The second-order valence-corrected chi connectivity index (χ2v) is 6.95. The molecule has 1 heterocycles. The molecule has 0 unspecified atom stereocenters. The predicted molar refractivity (Wildman–Crippen MR) is 114 cm³/mol. The van der Waals surface area contributed by atoms with Gasteiger partial charge in [0.05, 0.1) is 7.11 Å². The Kier molecular flexibility index (Phi) is 3.91. The Hall–Kier alpha value is -3.52. The quantitative estimate of drug-likeness (QED) is 0.431. The van der Waals surface area contributed by atoms with Crippen LogP contribution in [0.3, 0.4) is 0 Å². The average Bonchev–Trinajstić information content (AvgIpc) is 2.79. The lowest BCUT2D eigenvalue weighted by atomic mass is 9.83. The summed E-state index contributed by atoms with van der Waals surface area (Å²) in [5.41, 5.74) is 2.55. The van der Waals surface area contributed by atoms with Crippen molar-refractivity contribution >= 4 is 16.8 Å². The van der Waals surface area contributed by atoms with Gasteiger partial charge in [-0.1, -0.05) is 91.0 Å². The summed E-state index contributed by atoms with van der Waals surface area (Å²) in [6.07, 6.45) is 4.29. The van der Waals surface area contributed by atoms with Crippen LogP contribution in [0.25, 0.3) is 16.8 Å². The zero-order valence-electron chi connectivity index (χ0n) is 15.6. The maximum Gasteiger partial charge on any atom is 0.178 e. The van der Waals surface area contributed by atoms with E-state index in [0.717, 1.165) is 39.0 Å². The first-order valence-corrected chi connectivity index (χ1v) is 9.41. The summed E-state index contributed by atoms with van der Waals surface area (Å²) < 4.78 is 12.5.